The van der Waals surface area contributed by atoms with Gasteiger partial charge in [-0.25, -0.2) is 4.79 Å². The minimum absolute atomic E-state index is 0.0125. The van der Waals surface area contributed by atoms with Crippen molar-refractivity contribution in [2.45, 2.75) is 52.5 Å². The molecule has 16 heavy (non-hydrogen) atoms. The van der Waals surface area contributed by atoms with Crippen molar-refractivity contribution in [3.63, 3.8) is 0 Å². The molecule has 0 aliphatic rings. The van der Waals surface area contributed by atoms with Gasteiger partial charge in [-0.15, -0.1) is 0 Å². The van der Waals surface area contributed by atoms with Gasteiger partial charge in [0.15, 0.2) is 0 Å². The number of nitrogens with one attached hydrogen (secondary N) is 1. The van der Waals surface area contributed by atoms with Crippen LogP contribution in [0.25, 0.3) is 0 Å². The van der Waals surface area contributed by atoms with Crippen LogP contribution in [0, 0.1) is 0 Å². The molecule has 0 rings (SSSR count). The van der Waals surface area contributed by atoms with E-state index in [0.29, 0.717) is 6.54 Å². The van der Waals surface area contributed by atoms with Gasteiger partial charge in [0, 0.05) is 19.6 Å². The summed E-state index contributed by atoms with van der Waals surface area (Å²) in [7, 11) is 0. The minimum atomic E-state index is -0.228. The van der Waals surface area contributed by atoms with Gasteiger partial charge in [-0.1, -0.05) is 20.8 Å². The first-order valence-corrected chi connectivity index (χ1v) is 6.31. The van der Waals surface area contributed by atoms with Crippen LogP contribution in [-0.2, 0) is 0 Å². The monoisotopic (exact) mass is 229 g/mol. The quantitative estimate of drug-likeness (QED) is 0.701. The molecule has 0 saturated heterocycles. The molecule has 0 aromatic heterocycles. The number of hydrogen-bond acceptors (Lipinski definition) is 2. The minimum Gasteiger partial charge on any atom is -0.338 e. The summed E-state index contributed by atoms with van der Waals surface area (Å²) in [6.07, 6.45) is 2.79. The number of carbonyl (C=O) groups excluding carboxylic acids is 1. The van der Waals surface area contributed by atoms with Crippen molar-refractivity contribution in [1.29, 1.82) is 0 Å². The Hall–Kier alpha value is -0.770. The van der Waals surface area contributed by atoms with Crippen molar-refractivity contribution in [2.24, 2.45) is 5.73 Å². The second-order valence-electron chi connectivity index (χ2n) is 4.44. The van der Waals surface area contributed by atoms with Crippen LogP contribution in [0.5, 0.6) is 0 Å². The van der Waals surface area contributed by atoms with Crippen molar-refractivity contribution in [2.75, 3.05) is 19.6 Å². The van der Waals surface area contributed by atoms with Crippen LogP contribution >= 0.6 is 0 Å². The highest BCUT2D eigenvalue weighted by Gasteiger charge is 2.31. The summed E-state index contributed by atoms with van der Waals surface area (Å²) in [5.41, 5.74) is 5.57. The SMILES string of the molecule is CCCNC(=O)N(CCC)C(C)(CC)CN. The molecule has 0 spiro atoms. The van der Waals surface area contributed by atoms with E-state index in [-0.39, 0.29) is 11.6 Å². The van der Waals surface area contributed by atoms with E-state index < -0.39 is 0 Å². The average Bonchev–Trinajstić information content (AvgIpc) is 2.32. The second kappa shape index (κ2) is 7.49. The van der Waals surface area contributed by atoms with Gasteiger partial charge < -0.3 is 16.0 Å². The Morgan fingerprint density at radius 2 is 1.94 bits per heavy atom. The molecule has 4 nitrogen and oxygen atoms in total. The standard InChI is InChI=1S/C12H27N3O/c1-5-8-14-11(16)15(9-6-2)12(4,7-3)10-13/h5-10,13H2,1-4H3,(H,14,16). The topological polar surface area (TPSA) is 58.4 Å². The summed E-state index contributed by atoms with van der Waals surface area (Å²) in [6, 6.07) is 0.0125. The third-order valence-corrected chi connectivity index (χ3v) is 3.07. The molecule has 0 fully saturated rings. The zero-order chi connectivity index (χ0) is 12.6. The highest BCUT2D eigenvalue weighted by Crippen LogP contribution is 2.18. The number of nitrogens with two attached hydrogens (primary N) is 1. The molecule has 0 radical (unpaired) electrons. The van der Waals surface area contributed by atoms with E-state index in [2.05, 4.69) is 19.2 Å². The van der Waals surface area contributed by atoms with Gasteiger partial charge in [-0.05, 0) is 26.2 Å². The van der Waals surface area contributed by atoms with Crippen LogP contribution in [0.2, 0.25) is 0 Å². The molecule has 0 aromatic rings. The van der Waals surface area contributed by atoms with Gasteiger partial charge in [0.05, 0.1) is 5.54 Å². The lowest BCUT2D eigenvalue weighted by Gasteiger charge is -2.40. The molecule has 2 amide bonds. The number of hydrogen-bond donors (Lipinski definition) is 2. The van der Waals surface area contributed by atoms with E-state index in [4.69, 9.17) is 5.73 Å². The first-order valence-electron chi connectivity index (χ1n) is 6.31. The molecule has 0 aromatic carbocycles. The van der Waals surface area contributed by atoms with Crippen LogP contribution in [0.4, 0.5) is 4.79 Å². The molecule has 0 saturated carbocycles. The number of nitrogens with zero attached hydrogens (tertiary/aromatic N) is 1. The number of carbonyl (C=O) groups is 1. The molecule has 96 valence electrons. The fraction of sp³-hybridized carbons (Fsp3) is 0.917. The van der Waals surface area contributed by atoms with Gasteiger partial charge in [-0.2, -0.15) is 0 Å². The van der Waals surface area contributed by atoms with E-state index in [1.165, 1.54) is 0 Å². The first-order chi connectivity index (χ1) is 7.55. The van der Waals surface area contributed by atoms with Crippen molar-refractivity contribution < 1.29 is 4.79 Å². The molecule has 1 unspecified atom stereocenters. The van der Waals surface area contributed by atoms with Crippen molar-refractivity contribution in [1.82, 2.24) is 10.2 Å². The Labute approximate surface area is 99.6 Å². The van der Waals surface area contributed by atoms with Crippen molar-refractivity contribution in [3.8, 4) is 0 Å². The van der Waals surface area contributed by atoms with Gasteiger partial charge in [0.2, 0.25) is 0 Å². The van der Waals surface area contributed by atoms with Gasteiger partial charge in [0.25, 0.3) is 0 Å². The molecular formula is C12H27N3O. The fourth-order valence-electron chi connectivity index (χ4n) is 1.61. The van der Waals surface area contributed by atoms with Crippen molar-refractivity contribution >= 4 is 6.03 Å². The molecule has 0 bridgehead atoms. The maximum Gasteiger partial charge on any atom is 0.317 e. The molecular weight excluding hydrogens is 202 g/mol. The second-order valence-corrected chi connectivity index (χ2v) is 4.44. The Morgan fingerprint density at radius 1 is 1.31 bits per heavy atom. The molecule has 3 N–H and O–H groups in total. The van der Waals surface area contributed by atoms with E-state index >= 15 is 0 Å². The van der Waals surface area contributed by atoms with Crippen molar-refractivity contribution in [3.05, 3.63) is 0 Å². The Morgan fingerprint density at radius 3 is 2.31 bits per heavy atom. The predicted octanol–water partition coefficient (Wildman–Crippen LogP) is 1.95. The maximum absolute atomic E-state index is 12.0. The lowest BCUT2D eigenvalue weighted by Crippen LogP contribution is -2.57. The zero-order valence-electron chi connectivity index (χ0n) is 11.2. The van der Waals surface area contributed by atoms with E-state index in [9.17, 15) is 4.79 Å². The summed E-state index contributed by atoms with van der Waals surface area (Å²) in [5, 5.41) is 2.92. The van der Waals surface area contributed by atoms with E-state index in [0.717, 1.165) is 32.4 Å². The highest BCUT2D eigenvalue weighted by atomic mass is 16.2. The summed E-state index contributed by atoms with van der Waals surface area (Å²) < 4.78 is 0. The number of urea groups is 1. The third-order valence-electron chi connectivity index (χ3n) is 3.07. The lowest BCUT2D eigenvalue weighted by molar-refractivity contribution is 0.124. The van der Waals surface area contributed by atoms with E-state index in [1.54, 1.807) is 0 Å². The van der Waals surface area contributed by atoms with Crippen LogP contribution in [-0.4, -0.2) is 36.1 Å². The Bertz CT molecular complexity index is 202. The zero-order valence-corrected chi connectivity index (χ0v) is 11.2. The normalized spacial score (nSPS) is 14.3. The number of rotatable bonds is 7. The van der Waals surface area contributed by atoms with Gasteiger partial charge in [0.1, 0.15) is 0 Å². The maximum atomic E-state index is 12.0. The van der Waals surface area contributed by atoms with E-state index in [1.807, 2.05) is 18.7 Å². The van der Waals surface area contributed by atoms with Crippen LogP contribution < -0.4 is 11.1 Å². The van der Waals surface area contributed by atoms with Gasteiger partial charge >= 0.3 is 6.03 Å². The summed E-state index contributed by atoms with van der Waals surface area (Å²) >= 11 is 0. The number of amides is 2. The summed E-state index contributed by atoms with van der Waals surface area (Å²) in [4.78, 5) is 13.9. The Balaban J connectivity index is 4.63. The third kappa shape index (κ3) is 4.00. The largest absolute Gasteiger partial charge is 0.338 e. The Kier molecular flexibility index (Phi) is 7.13. The molecule has 1 atom stereocenters. The molecule has 4 heteroatoms. The lowest BCUT2D eigenvalue weighted by atomic mass is 9.96. The average molecular weight is 229 g/mol. The smallest absolute Gasteiger partial charge is 0.317 e. The predicted molar refractivity (Wildman–Crippen MR) is 68.4 cm³/mol. The first kappa shape index (κ1) is 15.2. The van der Waals surface area contributed by atoms with Gasteiger partial charge in [-0.3, -0.25) is 0 Å². The van der Waals surface area contributed by atoms with Crippen LogP contribution in [0.3, 0.4) is 0 Å². The molecule has 0 aliphatic heterocycles. The highest BCUT2D eigenvalue weighted by molar-refractivity contribution is 5.75. The molecule has 0 aliphatic carbocycles. The molecule has 0 heterocycles. The summed E-state index contributed by atoms with van der Waals surface area (Å²) in [6.45, 7) is 10.2. The fourth-order valence-corrected chi connectivity index (χ4v) is 1.61. The van der Waals surface area contributed by atoms with Crippen LogP contribution in [0.15, 0.2) is 0 Å². The van der Waals surface area contributed by atoms with Crippen LogP contribution in [0.1, 0.15) is 47.0 Å². The summed E-state index contributed by atoms with van der Waals surface area (Å²) in [5.74, 6) is 0.